The minimum atomic E-state index is -0.147. The van der Waals surface area contributed by atoms with E-state index >= 15 is 0 Å². The van der Waals surface area contributed by atoms with Crippen LogP contribution in [0.15, 0.2) is 54.9 Å². The fourth-order valence-corrected chi connectivity index (χ4v) is 3.43. The second-order valence-corrected chi connectivity index (χ2v) is 6.99. The maximum Gasteiger partial charge on any atom is 0.321 e. The molecule has 1 aliphatic heterocycles. The minimum Gasteiger partial charge on any atom is -0.493 e. The zero-order chi connectivity index (χ0) is 21.6. The van der Waals surface area contributed by atoms with Gasteiger partial charge in [-0.15, -0.1) is 10.2 Å². The van der Waals surface area contributed by atoms with Crippen LogP contribution in [0.3, 0.4) is 0 Å². The number of aromatic nitrogens is 3. The second kappa shape index (κ2) is 9.29. The summed E-state index contributed by atoms with van der Waals surface area (Å²) in [5, 5.41) is 11.6. The number of hydrogen-bond acceptors (Lipinski definition) is 7. The van der Waals surface area contributed by atoms with Gasteiger partial charge in [-0.25, -0.2) is 4.79 Å². The maximum absolute atomic E-state index is 12.7. The summed E-state index contributed by atoms with van der Waals surface area (Å²) >= 11 is 0. The summed E-state index contributed by atoms with van der Waals surface area (Å²) < 4.78 is 10.5. The summed E-state index contributed by atoms with van der Waals surface area (Å²) in [4.78, 5) is 20.6. The molecule has 160 valence electrons. The van der Waals surface area contributed by atoms with E-state index in [1.54, 1.807) is 49.7 Å². The summed E-state index contributed by atoms with van der Waals surface area (Å²) in [5.74, 6) is 1.99. The monoisotopic (exact) mass is 420 g/mol. The van der Waals surface area contributed by atoms with Crippen molar-refractivity contribution in [1.29, 1.82) is 0 Å². The van der Waals surface area contributed by atoms with Crippen LogP contribution in [0.2, 0.25) is 0 Å². The number of benzene rings is 1. The lowest BCUT2D eigenvalue weighted by Crippen LogP contribution is -2.50. The van der Waals surface area contributed by atoms with Crippen LogP contribution in [0.25, 0.3) is 11.3 Å². The van der Waals surface area contributed by atoms with E-state index in [2.05, 4.69) is 25.4 Å². The van der Waals surface area contributed by atoms with Crippen molar-refractivity contribution in [2.24, 2.45) is 0 Å². The molecule has 0 aliphatic carbocycles. The summed E-state index contributed by atoms with van der Waals surface area (Å²) in [6.45, 7) is 2.55. The van der Waals surface area contributed by atoms with Crippen LogP contribution in [-0.2, 0) is 0 Å². The molecule has 4 rings (SSSR count). The van der Waals surface area contributed by atoms with Crippen molar-refractivity contribution in [1.82, 2.24) is 20.1 Å². The fraction of sp³-hybridized carbons (Fsp3) is 0.273. The Labute approximate surface area is 180 Å². The number of piperazine rings is 1. The molecular formula is C22H24N6O3. The molecule has 0 radical (unpaired) electrons. The van der Waals surface area contributed by atoms with Gasteiger partial charge >= 0.3 is 6.03 Å². The van der Waals surface area contributed by atoms with Crippen LogP contribution in [0.1, 0.15) is 0 Å². The zero-order valence-electron chi connectivity index (χ0n) is 17.5. The molecule has 9 heteroatoms. The smallest absolute Gasteiger partial charge is 0.321 e. The van der Waals surface area contributed by atoms with Crippen molar-refractivity contribution in [2.45, 2.75) is 0 Å². The third-order valence-electron chi connectivity index (χ3n) is 5.15. The molecule has 1 saturated heterocycles. The van der Waals surface area contributed by atoms with Crippen LogP contribution in [0.4, 0.5) is 16.3 Å². The molecule has 1 N–H and O–H groups in total. The number of ether oxygens (including phenoxy) is 2. The van der Waals surface area contributed by atoms with Crippen LogP contribution in [0.5, 0.6) is 11.5 Å². The van der Waals surface area contributed by atoms with Crippen molar-refractivity contribution in [2.75, 3.05) is 50.6 Å². The first-order valence-electron chi connectivity index (χ1n) is 9.95. The number of carbonyl (C=O) groups excluding carboxylic acids is 1. The number of amides is 2. The Hall–Kier alpha value is -3.88. The molecule has 2 aromatic heterocycles. The van der Waals surface area contributed by atoms with Gasteiger partial charge in [-0.1, -0.05) is 0 Å². The van der Waals surface area contributed by atoms with Crippen LogP contribution >= 0.6 is 0 Å². The van der Waals surface area contributed by atoms with E-state index in [-0.39, 0.29) is 6.03 Å². The van der Waals surface area contributed by atoms with Crippen molar-refractivity contribution in [3.8, 4) is 22.8 Å². The first-order chi connectivity index (χ1) is 15.2. The zero-order valence-corrected chi connectivity index (χ0v) is 17.5. The number of anilines is 2. The summed E-state index contributed by atoms with van der Waals surface area (Å²) in [6.07, 6.45) is 3.47. The Balaban J connectivity index is 1.33. The predicted molar refractivity (Wildman–Crippen MR) is 118 cm³/mol. The third-order valence-corrected chi connectivity index (χ3v) is 5.15. The number of nitrogens with zero attached hydrogens (tertiary/aromatic N) is 5. The molecule has 0 atom stereocenters. The molecule has 1 aromatic carbocycles. The van der Waals surface area contributed by atoms with Crippen LogP contribution in [0, 0.1) is 0 Å². The van der Waals surface area contributed by atoms with Crippen LogP contribution in [-0.4, -0.2) is 66.5 Å². The third kappa shape index (κ3) is 4.66. The van der Waals surface area contributed by atoms with Gasteiger partial charge < -0.3 is 24.6 Å². The van der Waals surface area contributed by atoms with Crippen molar-refractivity contribution >= 4 is 17.5 Å². The van der Waals surface area contributed by atoms with E-state index in [1.165, 1.54) is 0 Å². The number of carbonyl (C=O) groups is 1. The van der Waals surface area contributed by atoms with E-state index in [0.717, 1.165) is 17.1 Å². The minimum absolute atomic E-state index is 0.147. The van der Waals surface area contributed by atoms with Crippen molar-refractivity contribution < 1.29 is 14.3 Å². The van der Waals surface area contributed by atoms with E-state index in [4.69, 9.17) is 9.47 Å². The highest BCUT2D eigenvalue weighted by atomic mass is 16.5. The van der Waals surface area contributed by atoms with E-state index in [1.807, 2.05) is 24.3 Å². The Morgan fingerprint density at radius 2 is 1.65 bits per heavy atom. The number of hydrogen-bond donors (Lipinski definition) is 1. The lowest BCUT2D eigenvalue weighted by Gasteiger charge is -2.35. The fourth-order valence-electron chi connectivity index (χ4n) is 3.43. The van der Waals surface area contributed by atoms with Gasteiger partial charge in [0.05, 0.1) is 19.9 Å². The molecule has 0 spiro atoms. The van der Waals surface area contributed by atoms with Crippen molar-refractivity contribution in [3.63, 3.8) is 0 Å². The molecule has 0 unspecified atom stereocenters. The highest BCUT2D eigenvalue weighted by molar-refractivity contribution is 5.90. The molecule has 3 heterocycles. The maximum atomic E-state index is 12.7. The average molecular weight is 420 g/mol. The first kappa shape index (κ1) is 20.4. The number of nitrogens with one attached hydrogen (secondary N) is 1. The van der Waals surface area contributed by atoms with Gasteiger partial charge in [0.15, 0.2) is 17.3 Å². The summed E-state index contributed by atoms with van der Waals surface area (Å²) in [5.41, 5.74) is 2.44. The highest BCUT2D eigenvalue weighted by Crippen LogP contribution is 2.30. The topological polar surface area (TPSA) is 92.7 Å². The molecule has 31 heavy (non-hydrogen) atoms. The normalized spacial score (nSPS) is 13.6. The van der Waals surface area contributed by atoms with Gasteiger partial charge in [0, 0.05) is 55.9 Å². The largest absolute Gasteiger partial charge is 0.493 e. The molecule has 1 fully saturated rings. The lowest BCUT2D eigenvalue weighted by atomic mass is 10.2. The number of methoxy groups -OCH3 is 2. The van der Waals surface area contributed by atoms with Gasteiger partial charge in [-0.05, 0) is 36.4 Å². The molecule has 0 saturated carbocycles. The Bertz CT molecular complexity index is 1020. The van der Waals surface area contributed by atoms with Gasteiger partial charge in [-0.3, -0.25) is 4.98 Å². The van der Waals surface area contributed by atoms with Crippen molar-refractivity contribution in [3.05, 3.63) is 54.9 Å². The number of pyridine rings is 1. The van der Waals surface area contributed by atoms with Gasteiger partial charge in [0.1, 0.15) is 0 Å². The molecule has 3 aromatic rings. The molecular weight excluding hydrogens is 396 g/mol. The highest BCUT2D eigenvalue weighted by Gasteiger charge is 2.22. The molecule has 0 bridgehead atoms. The van der Waals surface area contributed by atoms with Gasteiger partial charge in [0.2, 0.25) is 0 Å². The van der Waals surface area contributed by atoms with E-state index in [9.17, 15) is 4.79 Å². The Morgan fingerprint density at radius 1 is 0.903 bits per heavy atom. The van der Waals surface area contributed by atoms with Crippen LogP contribution < -0.4 is 19.7 Å². The molecule has 1 aliphatic rings. The standard InChI is InChI=1S/C22H24N6O3/c1-30-19-5-3-17(15-20(19)31-2)24-22(29)28-13-11-27(12-14-28)21-6-4-18(25-26-21)16-7-9-23-10-8-16/h3-10,15H,11-14H2,1-2H3,(H,24,29). The quantitative estimate of drug-likeness (QED) is 0.678. The second-order valence-electron chi connectivity index (χ2n) is 6.99. The average Bonchev–Trinajstić information content (AvgIpc) is 2.84. The summed E-state index contributed by atoms with van der Waals surface area (Å²) in [6, 6.07) is 12.9. The number of urea groups is 1. The molecule has 2 amide bonds. The first-order valence-corrected chi connectivity index (χ1v) is 9.95. The Kier molecular flexibility index (Phi) is 6.11. The number of rotatable bonds is 5. The predicted octanol–water partition coefficient (Wildman–Crippen LogP) is 2.91. The van der Waals surface area contributed by atoms with Gasteiger partial charge in [-0.2, -0.15) is 0 Å². The van der Waals surface area contributed by atoms with Gasteiger partial charge in [0.25, 0.3) is 0 Å². The molecule has 9 nitrogen and oxygen atoms in total. The summed E-state index contributed by atoms with van der Waals surface area (Å²) in [7, 11) is 3.14. The SMILES string of the molecule is COc1ccc(NC(=O)N2CCN(c3ccc(-c4ccncc4)nn3)CC2)cc1OC. The Morgan fingerprint density at radius 3 is 2.29 bits per heavy atom. The van der Waals surface area contributed by atoms with E-state index in [0.29, 0.717) is 43.4 Å². The lowest BCUT2D eigenvalue weighted by molar-refractivity contribution is 0.208. The van der Waals surface area contributed by atoms with E-state index < -0.39 is 0 Å².